The summed E-state index contributed by atoms with van der Waals surface area (Å²) in [7, 11) is 1.95. The molecule has 0 spiro atoms. The monoisotopic (exact) mass is 347 g/mol. The van der Waals surface area contributed by atoms with Crippen LogP contribution in [0, 0.1) is 0 Å². The molecule has 0 aliphatic heterocycles. The normalized spacial score (nSPS) is 10.6. The van der Waals surface area contributed by atoms with Crippen LogP contribution >= 0.6 is 15.9 Å². The molecule has 0 saturated carbocycles. The summed E-state index contributed by atoms with van der Waals surface area (Å²) in [6, 6.07) is 16.8. The van der Waals surface area contributed by atoms with Crippen LogP contribution < -0.4 is 10.1 Å². The molecule has 2 rings (SSSR count). The van der Waals surface area contributed by atoms with Crippen molar-refractivity contribution >= 4 is 15.9 Å². The van der Waals surface area contributed by atoms with Crippen molar-refractivity contribution in [3.05, 3.63) is 64.1 Å². The van der Waals surface area contributed by atoms with Gasteiger partial charge in [-0.2, -0.15) is 0 Å². The molecule has 0 radical (unpaired) electrons. The Hall–Kier alpha value is -1.32. The Kier molecular flexibility index (Phi) is 6.77. The van der Waals surface area contributed by atoms with Gasteiger partial charge in [-0.3, -0.25) is 0 Å². The van der Waals surface area contributed by atoms with Gasteiger partial charge in [-0.1, -0.05) is 46.3 Å². The molecule has 0 saturated heterocycles. The van der Waals surface area contributed by atoms with Crippen LogP contribution in [0.5, 0.6) is 5.75 Å². The van der Waals surface area contributed by atoms with Crippen molar-refractivity contribution < 1.29 is 4.74 Å². The molecule has 0 atom stereocenters. The summed E-state index contributed by atoms with van der Waals surface area (Å²) in [5.41, 5.74) is 2.62. The van der Waals surface area contributed by atoms with E-state index in [9.17, 15) is 0 Å². The van der Waals surface area contributed by atoms with Crippen molar-refractivity contribution in [3.63, 3.8) is 0 Å². The van der Waals surface area contributed by atoms with Gasteiger partial charge in [-0.05, 0) is 55.6 Å². The van der Waals surface area contributed by atoms with Crippen LogP contribution in [0.25, 0.3) is 0 Å². The maximum Gasteiger partial charge on any atom is 0.119 e. The first-order valence-electron chi connectivity index (χ1n) is 7.39. The minimum atomic E-state index is 0.771. The van der Waals surface area contributed by atoms with Crippen molar-refractivity contribution in [2.45, 2.75) is 25.8 Å². The molecule has 2 aromatic carbocycles. The molecule has 2 nitrogen and oxygen atoms in total. The van der Waals surface area contributed by atoms with Gasteiger partial charge >= 0.3 is 0 Å². The second-order valence-electron chi connectivity index (χ2n) is 5.07. The zero-order valence-corrected chi connectivity index (χ0v) is 14.0. The first-order chi connectivity index (χ1) is 10.3. The molecule has 0 amide bonds. The number of unbranched alkanes of at least 4 members (excludes halogenated alkanes) is 1. The smallest absolute Gasteiger partial charge is 0.119 e. The topological polar surface area (TPSA) is 21.3 Å². The Morgan fingerprint density at radius 1 is 1.05 bits per heavy atom. The van der Waals surface area contributed by atoms with E-state index in [1.807, 2.05) is 19.2 Å². The highest BCUT2D eigenvalue weighted by Crippen LogP contribution is 2.22. The number of nitrogens with one attached hydrogen (secondary N) is 1. The third-order valence-electron chi connectivity index (χ3n) is 3.36. The summed E-state index contributed by atoms with van der Waals surface area (Å²) in [6.07, 6.45) is 3.35. The molecule has 0 aliphatic rings. The van der Waals surface area contributed by atoms with Crippen LogP contribution in [0.4, 0.5) is 0 Å². The summed E-state index contributed by atoms with van der Waals surface area (Å²) in [4.78, 5) is 0. The summed E-state index contributed by atoms with van der Waals surface area (Å²) in [5, 5.41) is 3.16. The Labute approximate surface area is 135 Å². The van der Waals surface area contributed by atoms with Gasteiger partial charge in [-0.25, -0.2) is 0 Å². The molecule has 2 aromatic rings. The second kappa shape index (κ2) is 8.85. The van der Waals surface area contributed by atoms with Crippen LogP contribution in [0.1, 0.15) is 24.0 Å². The molecule has 1 N–H and O–H groups in total. The lowest BCUT2D eigenvalue weighted by Gasteiger charge is -2.09. The van der Waals surface area contributed by atoms with Crippen LogP contribution in [0.15, 0.2) is 53.0 Å². The summed E-state index contributed by atoms with van der Waals surface area (Å²) < 4.78 is 6.96. The highest BCUT2D eigenvalue weighted by molar-refractivity contribution is 9.10. The van der Waals surface area contributed by atoms with Gasteiger partial charge in [0, 0.05) is 11.0 Å². The van der Waals surface area contributed by atoms with Crippen LogP contribution in [0.3, 0.4) is 0 Å². The molecular weight excluding hydrogens is 326 g/mol. The highest BCUT2D eigenvalue weighted by atomic mass is 79.9. The standard InChI is InChI=1S/C18H22BrNO/c1-20-14-16-13-17(10-11-18(16)19)21-12-6-5-9-15-7-3-2-4-8-15/h2-4,7-8,10-11,13,20H,5-6,9,12,14H2,1H3. The molecule has 112 valence electrons. The third kappa shape index (κ3) is 5.52. The predicted molar refractivity (Wildman–Crippen MR) is 91.8 cm³/mol. The van der Waals surface area contributed by atoms with E-state index in [0.29, 0.717) is 0 Å². The lowest BCUT2D eigenvalue weighted by atomic mass is 10.1. The Morgan fingerprint density at radius 2 is 1.86 bits per heavy atom. The van der Waals surface area contributed by atoms with Crippen molar-refractivity contribution in [1.29, 1.82) is 0 Å². The lowest BCUT2D eigenvalue weighted by molar-refractivity contribution is 0.306. The zero-order chi connectivity index (χ0) is 14.9. The molecule has 3 heteroatoms. The maximum atomic E-state index is 5.84. The Morgan fingerprint density at radius 3 is 2.62 bits per heavy atom. The SMILES string of the molecule is CNCc1cc(OCCCCc2ccccc2)ccc1Br. The van der Waals surface area contributed by atoms with E-state index in [0.717, 1.165) is 42.6 Å². The summed E-state index contributed by atoms with van der Waals surface area (Å²) in [5.74, 6) is 0.947. The molecule has 0 bridgehead atoms. The first-order valence-corrected chi connectivity index (χ1v) is 8.18. The highest BCUT2D eigenvalue weighted by Gasteiger charge is 2.02. The van der Waals surface area contributed by atoms with E-state index in [4.69, 9.17) is 4.74 Å². The average Bonchev–Trinajstić information content (AvgIpc) is 2.51. The largest absolute Gasteiger partial charge is 0.494 e. The van der Waals surface area contributed by atoms with E-state index >= 15 is 0 Å². The minimum Gasteiger partial charge on any atom is -0.494 e. The van der Waals surface area contributed by atoms with Gasteiger partial charge in [0.1, 0.15) is 5.75 Å². The number of halogens is 1. The number of aryl methyl sites for hydroxylation is 1. The number of rotatable bonds is 8. The zero-order valence-electron chi connectivity index (χ0n) is 12.4. The summed E-state index contributed by atoms with van der Waals surface area (Å²) >= 11 is 3.55. The number of ether oxygens (including phenoxy) is 1. The van der Waals surface area contributed by atoms with E-state index in [2.05, 4.69) is 57.6 Å². The fraction of sp³-hybridized carbons (Fsp3) is 0.333. The van der Waals surface area contributed by atoms with Gasteiger partial charge in [0.2, 0.25) is 0 Å². The molecule has 0 aromatic heterocycles. The number of benzene rings is 2. The van der Waals surface area contributed by atoms with Crippen molar-refractivity contribution in [1.82, 2.24) is 5.32 Å². The van der Waals surface area contributed by atoms with Crippen molar-refractivity contribution in [2.75, 3.05) is 13.7 Å². The minimum absolute atomic E-state index is 0.771. The van der Waals surface area contributed by atoms with Gasteiger partial charge < -0.3 is 10.1 Å². The summed E-state index contributed by atoms with van der Waals surface area (Å²) in [6.45, 7) is 1.61. The van der Waals surface area contributed by atoms with Gasteiger partial charge in [0.25, 0.3) is 0 Å². The van der Waals surface area contributed by atoms with Gasteiger partial charge in [0.15, 0.2) is 0 Å². The maximum absolute atomic E-state index is 5.84. The molecule has 0 fully saturated rings. The van der Waals surface area contributed by atoms with E-state index in [1.54, 1.807) is 0 Å². The lowest BCUT2D eigenvalue weighted by Crippen LogP contribution is -2.06. The molecular formula is C18H22BrNO. The second-order valence-corrected chi connectivity index (χ2v) is 5.93. The van der Waals surface area contributed by atoms with Crippen molar-refractivity contribution in [2.24, 2.45) is 0 Å². The quantitative estimate of drug-likeness (QED) is 0.706. The van der Waals surface area contributed by atoms with E-state index in [1.165, 1.54) is 11.1 Å². The molecule has 21 heavy (non-hydrogen) atoms. The number of hydrogen-bond acceptors (Lipinski definition) is 2. The van der Waals surface area contributed by atoms with Crippen LogP contribution in [0.2, 0.25) is 0 Å². The van der Waals surface area contributed by atoms with Gasteiger partial charge in [-0.15, -0.1) is 0 Å². The van der Waals surface area contributed by atoms with Crippen LogP contribution in [-0.4, -0.2) is 13.7 Å². The fourth-order valence-electron chi connectivity index (χ4n) is 2.23. The molecule has 0 heterocycles. The first kappa shape index (κ1) is 16.1. The Bertz CT molecular complexity index is 542. The molecule has 0 unspecified atom stereocenters. The van der Waals surface area contributed by atoms with Crippen LogP contribution in [-0.2, 0) is 13.0 Å². The molecule has 0 aliphatic carbocycles. The predicted octanol–water partition coefficient (Wildman–Crippen LogP) is 4.57. The van der Waals surface area contributed by atoms with E-state index in [-0.39, 0.29) is 0 Å². The average molecular weight is 348 g/mol. The van der Waals surface area contributed by atoms with Gasteiger partial charge in [0.05, 0.1) is 6.61 Å². The Balaban J connectivity index is 1.72. The fourth-order valence-corrected chi connectivity index (χ4v) is 2.62. The number of hydrogen-bond donors (Lipinski definition) is 1. The third-order valence-corrected chi connectivity index (χ3v) is 4.13. The van der Waals surface area contributed by atoms with E-state index < -0.39 is 0 Å². The van der Waals surface area contributed by atoms with Crippen molar-refractivity contribution in [3.8, 4) is 5.75 Å².